The summed E-state index contributed by atoms with van der Waals surface area (Å²) in [4.78, 5) is 8.41. The Morgan fingerprint density at radius 2 is 2.14 bits per heavy atom. The molecule has 35 heavy (non-hydrogen) atoms. The van der Waals surface area contributed by atoms with Crippen LogP contribution in [-0.4, -0.2) is 72.0 Å². The van der Waals surface area contributed by atoms with Gasteiger partial charge in [0.1, 0.15) is 0 Å². The molecule has 1 atom stereocenters. The minimum atomic E-state index is -2.59. The molecule has 0 spiro atoms. The van der Waals surface area contributed by atoms with E-state index in [1.54, 1.807) is 0 Å². The number of hydrogen-bond donors (Lipinski definition) is 2. The molecule has 3 fully saturated rings. The molecular weight excluding hydrogens is 542 g/mol. The molecule has 2 saturated carbocycles. The molecule has 2 N–H and O–H groups in total. The Labute approximate surface area is 212 Å². The van der Waals surface area contributed by atoms with Crippen LogP contribution in [0.1, 0.15) is 61.6 Å². The van der Waals surface area contributed by atoms with Crippen molar-refractivity contribution in [3.8, 4) is 10.3 Å². The normalized spacial score (nSPS) is 22.2. The number of halogens is 3. The van der Waals surface area contributed by atoms with Crippen LogP contribution in [0.5, 0.6) is 0 Å². The maximum atomic E-state index is 13.5. The summed E-state index contributed by atoms with van der Waals surface area (Å²) in [5.41, 5.74) is 3.18. The van der Waals surface area contributed by atoms with Gasteiger partial charge in [0.15, 0.2) is 0 Å². The third kappa shape index (κ3) is 4.52. The van der Waals surface area contributed by atoms with Crippen LogP contribution in [0.4, 0.5) is 18.9 Å². The van der Waals surface area contributed by atoms with E-state index in [-0.39, 0.29) is 11.2 Å². The summed E-state index contributed by atoms with van der Waals surface area (Å²) < 4.78 is 46.2. The zero-order valence-corrected chi connectivity index (χ0v) is 22.0. The number of fused-ring (bicyclic) bond motifs is 1. The van der Waals surface area contributed by atoms with E-state index in [4.69, 9.17) is 4.98 Å². The number of nitrogens with zero attached hydrogens (tertiary/aromatic N) is 5. The number of rotatable bonds is 8. The van der Waals surface area contributed by atoms with E-state index in [0.717, 1.165) is 79.4 Å². The monoisotopic (exact) mass is 571 g/mol. The van der Waals surface area contributed by atoms with Gasteiger partial charge < -0.3 is 0 Å². The van der Waals surface area contributed by atoms with Crippen molar-refractivity contribution >= 4 is 37.8 Å². The molecule has 3 aromatic heterocycles. The molecule has 0 radical (unpaired) electrons. The summed E-state index contributed by atoms with van der Waals surface area (Å²) in [6, 6.07) is 2.47. The van der Waals surface area contributed by atoms with Crippen molar-refractivity contribution in [1.82, 2.24) is 29.6 Å². The van der Waals surface area contributed by atoms with Gasteiger partial charge in [-0.1, -0.05) is 0 Å². The van der Waals surface area contributed by atoms with Gasteiger partial charge in [-0.05, 0) is 0 Å². The maximum absolute atomic E-state index is 13.5. The third-order valence-electron chi connectivity index (χ3n) is 7.23. The van der Waals surface area contributed by atoms with Crippen molar-refractivity contribution in [2.75, 3.05) is 31.2 Å². The van der Waals surface area contributed by atoms with Crippen LogP contribution >= 0.6 is 11.9 Å². The number of imidazole rings is 1. The first-order chi connectivity index (χ1) is 17.0. The summed E-state index contributed by atoms with van der Waals surface area (Å²) in [7, 11) is 0. The van der Waals surface area contributed by atoms with Crippen molar-refractivity contribution in [2.45, 2.75) is 67.8 Å². The van der Waals surface area contributed by atoms with Crippen molar-refractivity contribution in [3.05, 3.63) is 22.5 Å². The zero-order valence-electron chi connectivity index (χ0n) is 19.4. The third-order valence-corrected chi connectivity index (χ3v) is 10.2. The number of alkyl halides is 3. The van der Waals surface area contributed by atoms with Crippen molar-refractivity contribution in [3.63, 3.8) is 0 Å². The molecule has 6 rings (SSSR count). The van der Waals surface area contributed by atoms with E-state index in [1.165, 1.54) is 11.9 Å². The molecule has 3 aliphatic rings. The fourth-order valence-corrected chi connectivity index (χ4v) is 7.23. The summed E-state index contributed by atoms with van der Waals surface area (Å²) in [6.45, 7) is 4.34. The molecule has 12 heteroatoms. The first-order valence-electron chi connectivity index (χ1n) is 12.1. The number of anilines is 1. The molecule has 2 aliphatic carbocycles. The first kappa shape index (κ1) is 23.8. The van der Waals surface area contributed by atoms with Crippen LogP contribution in [0.25, 0.3) is 15.9 Å². The van der Waals surface area contributed by atoms with Gasteiger partial charge in [0, 0.05) is 0 Å². The van der Waals surface area contributed by atoms with Gasteiger partial charge in [-0.15, -0.1) is 0 Å². The fraction of sp³-hybridized carbons (Fsp3) is 0.609. The Kier molecular flexibility index (Phi) is 6.37. The predicted molar refractivity (Wildman–Crippen MR) is 131 cm³/mol. The van der Waals surface area contributed by atoms with Gasteiger partial charge >= 0.3 is 212 Å². The molecular formula is C23H28F3N7SSe. The number of hydrogen-bond acceptors (Lipinski definition) is 7. The van der Waals surface area contributed by atoms with Crippen LogP contribution < -0.4 is 14.9 Å². The van der Waals surface area contributed by atoms with Gasteiger partial charge in [-0.2, -0.15) is 0 Å². The van der Waals surface area contributed by atoms with Crippen LogP contribution in [0, 0.1) is 0 Å². The van der Waals surface area contributed by atoms with Gasteiger partial charge in [0.05, 0.1) is 0 Å². The molecule has 7 nitrogen and oxygen atoms in total. The second-order valence-corrected chi connectivity index (χ2v) is 12.9. The molecule has 3 aromatic rings. The van der Waals surface area contributed by atoms with Crippen molar-refractivity contribution < 1.29 is 13.2 Å². The van der Waals surface area contributed by atoms with E-state index in [1.807, 2.05) is 10.6 Å². The minimum absolute atomic E-state index is 0.135. The number of piperazine rings is 1. The quantitative estimate of drug-likeness (QED) is 0.314. The Hall–Kier alpha value is -1.59. The average Bonchev–Trinajstić information content (AvgIpc) is 3.25. The van der Waals surface area contributed by atoms with E-state index in [2.05, 4.69) is 38.1 Å². The Bertz CT molecular complexity index is 1220. The predicted octanol–water partition coefficient (Wildman–Crippen LogP) is 3.95. The SMILES string of the molecule is C[C@H]1CN(c2cc(SNC3(CF)CC3)cn3c(-c4nnc(C(F)F)[se]4)c(C4CCC4)nc23)CCN1. The summed E-state index contributed by atoms with van der Waals surface area (Å²) in [5, 5.41) is 11.5. The Morgan fingerprint density at radius 1 is 1.31 bits per heavy atom. The van der Waals surface area contributed by atoms with E-state index >= 15 is 0 Å². The van der Waals surface area contributed by atoms with E-state index in [9.17, 15) is 13.2 Å². The topological polar surface area (TPSA) is 70.4 Å². The van der Waals surface area contributed by atoms with Crippen LogP contribution in [0.3, 0.4) is 0 Å². The molecule has 1 aliphatic heterocycles. The van der Waals surface area contributed by atoms with Crippen LogP contribution in [0.15, 0.2) is 17.2 Å². The first-order valence-corrected chi connectivity index (χ1v) is 14.7. The Balaban J connectivity index is 1.49. The number of aromatic nitrogens is 4. The number of nitrogens with one attached hydrogen (secondary N) is 2. The molecule has 1 saturated heterocycles. The number of pyridine rings is 1. The summed E-state index contributed by atoms with van der Waals surface area (Å²) in [6.07, 6.45) is 4.30. The molecule has 0 bridgehead atoms. The van der Waals surface area contributed by atoms with Crippen LogP contribution in [0.2, 0.25) is 0 Å². The molecule has 0 aromatic carbocycles. The summed E-state index contributed by atoms with van der Waals surface area (Å²) in [5.74, 6) is 0.310. The van der Waals surface area contributed by atoms with Gasteiger partial charge in [-0.3, -0.25) is 0 Å². The molecule has 188 valence electrons. The van der Waals surface area contributed by atoms with Crippen molar-refractivity contribution in [1.29, 1.82) is 0 Å². The average molecular weight is 571 g/mol. The van der Waals surface area contributed by atoms with E-state index in [0.29, 0.717) is 16.5 Å². The molecule has 0 unspecified atom stereocenters. The van der Waals surface area contributed by atoms with Gasteiger partial charge in [-0.25, -0.2) is 0 Å². The molecule has 4 heterocycles. The van der Waals surface area contributed by atoms with Crippen LogP contribution in [-0.2, 0) is 0 Å². The fourth-order valence-electron chi connectivity index (χ4n) is 4.74. The second kappa shape index (κ2) is 9.37. The second-order valence-electron chi connectivity index (χ2n) is 9.89. The summed E-state index contributed by atoms with van der Waals surface area (Å²) >= 11 is 0.799. The standard InChI is InChI=1S/C23H28F3N7SSe/c1-13-10-32(8-7-27-13)16-9-15(34-31-23(12-24)5-6-23)11-33-18(21-29-30-22(35-21)19(25)26)17(28-20(16)33)14-3-2-4-14/h9,11,13-14,19,27,31H,2-8,10,12H2,1H3/t13-/m0/s1. The van der Waals surface area contributed by atoms with Gasteiger partial charge in [0.2, 0.25) is 0 Å². The zero-order chi connectivity index (χ0) is 24.2. The van der Waals surface area contributed by atoms with E-state index < -0.39 is 26.5 Å². The molecule has 0 amide bonds. The van der Waals surface area contributed by atoms with Gasteiger partial charge in [0.25, 0.3) is 0 Å². The van der Waals surface area contributed by atoms with Crippen molar-refractivity contribution in [2.24, 2.45) is 0 Å². The Morgan fingerprint density at radius 3 is 2.77 bits per heavy atom.